The van der Waals surface area contributed by atoms with Gasteiger partial charge in [-0.2, -0.15) is 8.42 Å². The molecule has 0 saturated carbocycles. The summed E-state index contributed by atoms with van der Waals surface area (Å²) < 4.78 is 40.0. The first kappa shape index (κ1) is 20.7. The summed E-state index contributed by atoms with van der Waals surface area (Å²) in [6, 6.07) is 0.525. The van der Waals surface area contributed by atoms with Gasteiger partial charge < -0.3 is 20.8 Å². The zero-order valence-electron chi connectivity index (χ0n) is 14.7. The third kappa shape index (κ3) is 4.98. The molecule has 10 nitrogen and oxygen atoms in total. The van der Waals surface area contributed by atoms with Crippen LogP contribution in [0.2, 0.25) is 0 Å². The van der Waals surface area contributed by atoms with Gasteiger partial charge in [-0.1, -0.05) is 13.8 Å². The predicted octanol–water partition coefficient (Wildman–Crippen LogP) is 0.241. The number of carbonyl (C=O) groups excluding carboxylic acids is 2. The number of hydrogen-bond donors (Lipinski definition) is 5. The number of urea groups is 1. The first-order valence-electron chi connectivity index (χ1n) is 8.07. The summed E-state index contributed by atoms with van der Waals surface area (Å²) in [5, 5.41) is 24.1. The summed E-state index contributed by atoms with van der Waals surface area (Å²) in [6.45, 7) is 2.88. The second-order valence-electron chi connectivity index (χ2n) is 6.47. The lowest BCUT2D eigenvalue weighted by Gasteiger charge is -2.20. The van der Waals surface area contributed by atoms with Gasteiger partial charge in [0.05, 0.1) is 12.6 Å². The van der Waals surface area contributed by atoms with Crippen molar-refractivity contribution in [3.63, 3.8) is 0 Å². The van der Waals surface area contributed by atoms with E-state index in [0.717, 1.165) is 12.1 Å². The van der Waals surface area contributed by atoms with E-state index in [0.29, 0.717) is 10.7 Å². The number of nitrogens with zero attached hydrogens (tertiary/aromatic N) is 1. The number of hydrogen-bond acceptors (Lipinski definition) is 6. The van der Waals surface area contributed by atoms with Gasteiger partial charge in [0.25, 0.3) is 5.91 Å². The fourth-order valence-electron chi connectivity index (χ4n) is 2.65. The Kier molecular flexibility index (Phi) is 6.11. The van der Waals surface area contributed by atoms with Gasteiger partial charge in [0.1, 0.15) is 18.0 Å². The summed E-state index contributed by atoms with van der Waals surface area (Å²) in [4.78, 5) is 23.2. The average Bonchev–Trinajstić information content (AvgIpc) is 2.77. The topological polar surface area (TPSA) is 148 Å². The Hall–Kier alpha value is -2.60. The lowest BCUT2D eigenvalue weighted by molar-refractivity contribution is -0.117. The number of aliphatic hydroxyl groups excluding tert-OH is 1. The minimum absolute atomic E-state index is 0.136. The van der Waals surface area contributed by atoms with Crippen molar-refractivity contribution in [1.82, 2.24) is 10.0 Å². The summed E-state index contributed by atoms with van der Waals surface area (Å²) >= 11 is 0. The van der Waals surface area contributed by atoms with Crippen LogP contribution in [0.5, 0.6) is 5.75 Å². The molecule has 2 rings (SSSR count). The highest BCUT2D eigenvalue weighted by Crippen LogP contribution is 2.36. The Morgan fingerprint density at radius 3 is 2.56 bits per heavy atom. The normalized spacial score (nSPS) is 16.9. The van der Waals surface area contributed by atoms with Gasteiger partial charge in [-0.25, -0.2) is 18.2 Å². The number of phenols is 1. The Morgan fingerprint density at radius 1 is 1.41 bits per heavy atom. The van der Waals surface area contributed by atoms with Crippen LogP contribution >= 0.6 is 0 Å². The van der Waals surface area contributed by atoms with Crippen molar-refractivity contribution >= 4 is 33.5 Å². The summed E-state index contributed by atoms with van der Waals surface area (Å²) in [5.74, 6) is -2.56. The van der Waals surface area contributed by atoms with Crippen LogP contribution in [0, 0.1) is 11.7 Å². The lowest BCUT2D eigenvalue weighted by Crippen LogP contribution is -2.41. The van der Waals surface area contributed by atoms with Crippen molar-refractivity contribution in [2.45, 2.75) is 26.3 Å². The number of aromatic hydroxyl groups is 1. The van der Waals surface area contributed by atoms with E-state index in [1.165, 1.54) is 0 Å². The van der Waals surface area contributed by atoms with Gasteiger partial charge in [0, 0.05) is 11.8 Å². The second kappa shape index (κ2) is 7.96. The number of anilines is 2. The average molecular weight is 404 g/mol. The van der Waals surface area contributed by atoms with Gasteiger partial charge in [-0.15, -0.1) is 0 Å². The van der Waals surface area contributed by atoms with Crippen LogP contribution < -0.4 is 19.7 Å². The van der Waals surface area contributed by atoms with E-state index >= 15 is 0 Å². The highest BCUT2D eigenvalue weighted by atomic mass is 32.2. The monoisotopic (exact) mass is 404 g/mol. The first-order valence-corrected chi connectivity index (χ1v) is 9.51. The smallest absolute Gasteiger partial charge is 0.326 e. The molecule has 0 aliphatic carbocycles. The van der Waals surface area contributed by atoms with E-state index in [-0.39, 0.29) is 18.2 Å². The van der Waals surface area contributed by atoms with E-state index < -0.39 is 52.0 Å². The van der Waals surface area contributed by atoms with Crippen molar-refractivity contribution < 1.29 is 32.6 Å². The fourth-order valence-corrected chi connectivity index (χ4v) is 3.82. The molecule has 1 fully saturated rings. The molecule has 150 valence electrons. The number of aliphatic hydroxyl groups is 1. The van der Waals surface area contributed by atoms with Gasteiger partial charge >= 0.3 is 16.2 Å². The molecule has 1 aliphatic heterocycles. The van der Waals surface area contributed by atoms with Crippen molar-refractivity contribution in [1.29, 1.82) is 0 Å². The number of carbonyl (C=O) groups is 2. The van der Waals surface area contributed by atoms with Gasteiger partial charge in [-0.3, -0.25) is 4.79 Å². The van der Waals surface area contributed by atoms with Gasteiger partial charge in [0.2, 0.25) is 0 Å². The van der Waals surface area contributed by atoms with Crippen LogP contribution in [0.1, 0.15) is 20.3 Å². The number of phenolic OH excluding ortho intramolecular Hbond substituents is 1. The van der Waals surface area contributed by atoms with E-state index in [1.807, 2.05) is 13.8 Å². The van der Waals surface area contributed by atoms with Crippen molar-refractivity contribution in [3.05, 3.63) is 17.9 Å². The minimum Gasteiger partial charge on any atom is -0.506 e. The quantitative estimate of drug-likeness (QED) is 0.459. The third-order valence-corrected chi connectivity index (χ3v) is 5.06. The van der Waals surface area contributed by atoms with Crippen LogP contribution in [0.25, 0.3) is 0 Å². The molecule has 3 amide bonds. The lowest BCUT2D eigenvalue weighted by atomic mass is 10.0. The molecule has 27 heavy (non-hydrogen) atoms. The van der Waals surface area contributed by atoms with Crippen molar-refractivity contribution in [2.24, 2.45) is 5.92 Å². The number of nitrogens with one attached hydrogen (secondary N) is 3. The highest BCUT2D eigenvalue weighted by Gasteiger charge is 2.37. The predicted molar refractivity (Wildman–Crippen MR) is 95.0 cm³/mol. The highest BCUT2D eigenvalue weighted by molar-refractivity contribution is 7.92. The SMILES string of the molecule is CC(C)C[C@@H](CO)NC(=O)Nc1cc(O)c(N2CC(=O)NS2(=O)=O)c(F)c1. The molecular formula is C15H21FN4O6S. The summed E-state index contributed by atoms with van der Waals surface area (Å²) in [6.07, 6.45) is 0.524. The summed E-state index contributed by atoms with van der Waals surface area (Å²) in [5.41, 5.74) is -0.837. The Bertz CT molecular complexity index is 822. The Labute approximate surface area is 155 Å². The largest absolute Gasteiger partial charge is 0.506 e. The number of amides is 3. The Morgan fingerprint density at radius 2 is 2.07 bits per heavy atom. The molecule has 1 aromatic rings. The van der Waals surface area contributed by atoms with Gasteiger partial charge in [0.15, 0.2) is 5.82 Å². The standard InChI is InChI=1S/C15H21FN4O6S/c1-8(2)3-10(7-21)18-15(24)17-9-4-11(16)14(12(22)5-9)20-6-13(23)19-27(20,25)26/h4-5,8,10,21-22H,3,6-7H2,1-2H3,(H,19,23)(H2,17,18,24)/t10-/m0/s1. The number of rotatable bonds is 6. The van der Waals surface area contributed by atoms with E-state index in [4.69, 9.17) is 0 Å². The molecule has 5 N–H and O–H groups in total. The molecular weight excluding hydrogens is 383 g/mol. The first-order chi connectivity index (χ1) is 12.5. The van der Waals surface area contributed by atoms with E-state index in [9.17, 15) is 32.6 Å². The van der Waals surface area contributed by atoms with Crippen LogP contribution in [-0.4, -0.2) is 49.8 Å². The molecule has 1 atom stereocenters. The molecule has 1 aliphatic rings. The van der Waals surface area contributed by atoms with Gasteiger partial charge in [-0.05, 0) is 18.4 Å². The number of benzene rings is 1. The van der Waals surface area contributed by atoms with E-state index in [2.05, 4.69) is 10.6 Å². The Balaban J connectivity index is 2.17. The van der Waals surface area contributed by atoms with Crippen LogP contribution in [-0.2, 0) is 15.0 Å². The maximum absolute atomic E-state index is 14.4. The van der Waals surface area contributed by atoms with Crippen LogP contribution in [0.3, 0.4) is 0 Å². The fraction of sp³-hybridized carbons (Fsp3) is 0.467. The molecule has 0 bridgehead atoms. The number of halogens is 1. The maximum atomic E-state index is 14.4. The molecule has 0 unspecified atom stereocenters. The second-order valence-corrected chi connectivity index (χ2v) is 8.07. The molecule has 0 radical (unpaired) electrons. The summed E-state index contributed by atoms with van der Waals surface area (Å²) in [7, 11) is -4.29. The van der Waals surface area contributed by atoms with Crippen LogP contribution in [0.15, 0.2) is 12.1 Å². The molecule has 0 spiro atoms. The van der Waals surface area contributed by atoms with Crippen molar-refractivity contribution in [2.75, 3.05) is 22.8 Å². The zero-order valence-corrected chi connectivity index (χ0v) is 15.5. The molecule has 1 saturated heterocycles. The van der Waals surface area contributed by atoms with Crippen molar-refractivity contribution in [3.8, 4) is 5.75 Å². The maximum Gasteiger partial charge on any atom is 0.326 e. The minimum atomic E-state index is -4.29. The molecule has 12 heteroatoms. The third-order valence-electron chi connectivity index (χ3n) is 3.68. The molecule has 0 aromatic heterocycles. The zero-order chi connectivity index (χ0) is 20.4. The molecule has 1 heterocycles. The molecule has 1 aromatic carbocycles. The van der Waals surface area contributed by atoms with Crippen LogP contribution in [0.4, 0.5) is 20.6 Å². The van der Waals surface area contributed by atoms with E-state index in [1.54, 1.807) is 4.72 Å².